The van der Waals surface area contributed by atoms with E-state index in [4.69, 9.17) is 0 Å². The third-order valence-electron chi connectivity index (χ3n) is 1.79. The minimum Gasteiger partial charge on any atom is -0.279 e. The molecular weight excluding hydrogens is 142 g/mol. The maximum Gasteiger partial charge on any atom is 0.103 e. The molecule has 1 heterocycles. The van der Waals surface area contributed by atoms with Crippen molar-refractivity contribution >= 4 is 18.0 Å². The molecule has 1 aliphatic rings. The summed E-state index contributed by atoms with van der Waals surface area (Å²) in [6.07, 6.45) is 3.19. The molecule has 0 amide bonds. The third-order valence-corrected chi connectivity index (χ3v) is 3.25. The predicted octanol–water partition coefficient (Wildman–Crippen LogP) is 2.71. The largest absolute Gasteiger partial charge is 0.279 e. The Kier molecular flexibility index (Phi) is 1.84. The van der Waals surface area contributed by atoms with Crippen LogP contribution in [0.25, 0.3) is 0 Å². The summed E-state index contributed by atoms with van der Waals surface area (Å²) < 4.78 is 0.255. The molecule has 0 fully saturated rings. The zero-order valence-electron chi connectivity index (χ0n) is 7.14. The van der Waals surface area contributed by atoms with Crippen LogP contribution in [0.5, 0.6) is 0 Å². The van der Waals surface area contributed by atoms with E-state index in [0.29, 0.717) is 0 Å². The highest BCUT2D eigenvalue weighted by Gasteiger charge is 2.35. The summed E-state index contributed by atoms with van der Waals surface area (Å²) in [5.74, 6) is 0. The molecule has 1 nitrogen and oxygen atoms in total. The molecule has 0 spiro atoms. The van der Waals surface area contributed by atoms with Gasteiger partial charge in [0.2, 0.25) is 0 Å². The standard InChI is InChI=1S/C8H15NS/c1-5-8(4)9-6-7(2,3)10-8/h6H,5H2,1-4H3. The van der Waals surface area contributed by atoms with Crippen LogP contribution in [0.15, 0.2) is 4.99 Å². The smallest absolute Gasteiger partial charge is 0.103 e. The topological polar surface area (TPSA) is 12.4 Å². The first-order valence-corrected chi connectivity index (χ1v) is 4.56. The zero-order valence-corrected chi connectivity index (χ0v) is 7.96. The minimum atomic E-state index is 0.156. The van der Waals surface area contributed by atoms with Crippen LogP contribution >= 0.6 is 11.8 Å². The van der Waals surface area contributed by atoms with Crippen molar-refractivity contribution in [2.75, 3.05) is 0 Å². The van der Waals surface area contributed by atoms with Crippen LogP contribution in [0, 0.1) is 0 Å². The van der Waals surface area contributed by atoms with Crippen molar-refractivity contribution in [1.82, 2.24) is 0 Å². The summed E-state index contributed by atoms with van der Waals surface area (Å²) in [4.78, 5) is 4.63. The molecule has 10 heavy (non-hydrogen) atoms. The van der Waals surface area contributed by atoms with Gasteiger partial charge in [0, 0.05) is 11.0 Å². The first-order valence-electron chi connectivity index (χ1n) is 3.74. The average molecular weight is 157 g/mol. The summed E-state index contributed by atoms with van der Waals surface area (Å²) in [6.45, 7) is 8.80. The Morgan fingerprint density at radius 2 is 2.00 bits per heavy atom. The van der Waals surface area contributed by atoms with E-state index in [0.717, 1.165) is 6.42 Å². The quantitative estimate of drug-likeness (QED) is 0.570. The summed E-state index contributed by atoms with van der Waals surface area (Å²) in [5.41, 5.74) is 0. The Labute approximate surface area is 67.3 Å². The van der Waals surface area contributed by atoms with E-state index in [1.165, 1.54) is 0 Å². The number of hydrogen-bond donors (Lipinski definition) is 0. The number of rotatable bonds is 1. The van der Waals surface area contributed by atoms with Crippen molar-refractivity contribution in [1.29, 1.82) is 0 Å². The lowest BCUT2D eigenvalue weighted by Crippen LogP contribution is -2.18. The lowest BCUT2D eigenvalue weighted by molar-refractivity contribution is 0.664. The van der Waals surface area contributed by atoms with Crippen molar-refractivity contribution in [2.24, 2.45) is 4.99 Å². The van der Waals surface area contributed by atoms with E-state index < -0.39 is 0 Å². The predicted molar refractivity (Wildman–Crippen MR) is 48.9 cm³/mol. The molecule has 1 atom stereocenters. The van der Waals surface area contributed by atoms with Crippen molar-refractivity contribution in [3.05, 3.63) is 0 Å². The average Bonchev–Trinajstić information content (AvgIpc) is 2.08. The number of nitrogens with zero attached hydrogens (tertiary/aromatic N) is 1. The Balaban J connectivity index is 2.69. The normalized spacial score (nSPS) is 36.8. The molecule has 2 heteroatoms. The first-order chi connectivity index (χ1) is 4.47. The minimum absolute atomic E-state index is 0.156. The van der Waals surface area contributed by atoms with Gasteiger partial charge in [-0.3, -0.25) is 4.99 Å². The lowest BCUT2D eigenvalue weighted by Gasteiger charge is -2.22. The lowest BCUT2D eigenvalue weighted by atomic mass is 10.2. The second-order valence-corrected chi connectivity index (χ2v) is 5.63. The van der Waals surface area contributed by atoms with Crippen molar-refractivity contribution in [2.45, 2.75) is 43.7 Å². The van der Waals surface area contributed by atoms with Crippen LogP contribution in [0.2, 0.25) is 0 Å². The maximum absolute atomic E-state index is 4.48. The van der Waals surface area contributed by atoms with E-state index in [1.807, 2.05) is 11.8 Å². The molecule has 0 aromatic rings. The summed E-state index contributed by atoms with van der Waals surface area (Å²) in [7, 11) is 0. The Bertz CT molecular complexity index is 163. The molecule has 1 aliphatic heterocycles. The van der Waals surface area contributed by atoms with Gasteiger partial charge in [-0.2, -0.15) is 0 Å². The van der Waals surface area contributed by atoms with E-state index in [9.17, 15) is 0 Å². The van der Waals surface area contributed by atoms with Gasteiger partial charge in [0.25, 0.3) is 0 Å². The highest BCUT2D eigenvalue weighted by atomic mass is 32.2. The van der Waals surface area contributed by atoms with Gasteiger partial charge in [-0.1, -0.05) is 6.92 Å². The first kappa shape index (κ1) is 8.12. The SMILES string of the molecule is CCC1(C)N=CC(C)(C)S1. The van der Waals surface area contributed by atoms with Gasteiger partial charge in [0.05, 0.1) is 0 Å². The molecule has 0 aromatic carbocycles. The number of hydrogen-bond acceptors (Lipinski definition) is 2. The van der Waals surface area contributed by atoms with E-state index in [1.54, 1.807) is 0 Å². The molecule has 0 bridgehead atoms. The maximum atomic E-state index is 4.48. The van der Waals surface area contributed by atoms with Crippen LogP contribution in [0.3, 0.4) is 0 Å². The van der Waals surface area contributed by atoms with Crippen molar-refractivity contribution < 1.29 is 0 Å². The molecule has 0 aliphatic carbocycles. The van der Waals surface area contributed by atoms with Gasteiger partial charge in [-0.25, -0.2) is 0 Å². The monoisotopic (exact) mass is 157 g/mol. The summed E-state index contributed by atoms with van der Waals surface area (Å²) >= 11 is 1.95. The summed E-state index contributed by atoms with van der Waals surface area (Å²) in [5, 5.41) is 0. The molecule has 0 radical (unpaired) electrons. The van der Waals surface area contributed by atoms with Gasteiger partial charge in [-0.15, -0.1) is 11.8 Å². The molecule has 0 saturated carbocycles. The van der Waals surface area contributed by atoms with Crippen LogP contribution in [-0.2, 0) is 0 Å². The Hall–Kier alpha value is 0.0200. The third kappa shape index (κ3) is 1.54. The Morgan fingerprint density at radius 1 is 1.40 bits per heavy atom. The second kappa shape index (κ2) is 2.26. The van der Waals surface area contributed by atoms with Gasteiger partial charge in [0.15, 0.2) is 0 Å². The van der Waals surface area contributed by atoms with E-state index >= 15 is 0 Å². The number of aliphatic imine (C=N–C) groups is 1. The highest BCUT2D eigenvalue weighted by molar-refractivity contribution is 8.02. The van der Waals surface area contributed by atoms with Crippen molar-refractivity contribution in [3.63, 3.8) is 0 Å². The second-order valence-electron chi connectivity index (χ2n) is 3.49. The summed E-state index contributed by atoms with van der Waals surface area (Å²) in [6, 6.07) is 0. The zero-order chi connectivity index (χ0) is 7.83. The van der Waals surface area contributed by atoms with Gasteiger partial charge < -0.3 is 0 Å². The van der Waals surface area contributed by atoms with Crippen LogP contribution in [-0.4, -0.2) is 15.8 Å². The fourth-order valence-electron chi connectivity index (χ4n) is 1.07. The molecule has 1 rings (SSSR count). The highest BCUT2D eigenvalue weighted by Crippen LogP contribution is 2.43. The van der Waals surface area contributed by atoms with Gasteiger partial charge >= 0.3 is 0 Å². The fraction of sp³-hybridized carbons (Fsp3) is 0.875. The molecule has 0 N–H and O–H groups in total. The van der Waals surface area contributed by atoms with Crippen LogP contribution < -0.4 is 0 Å². The van der Waals surface area contributed by atoms with Crippen molar-refractivity contribution in [3.8, 4) is 0 Å². The number of thioether (sulfide) groups is 1. The molecular formula is C8H15NS. The van der Waals surface area contributed by atoms with Crippen LogP contribution in [0.4, 0.5) is 0 Å². The molecule has 0 saturated heterocycles. The molecule has 0 aromatic heterocycles. The van der Waals surface area contributed by atoms with Crippen LogP contribution in [0.1, 0.15) is 34.1 Å². The van der Waals surface area contributed by atoms with E-state index in [-0.39, 0.29) is 9.62 Å². The fourth-order valence-corrected chi connectivity index (χ4v) is 2.56. The van der Waals surface area contributed by atoms with Gasteiger partial charge in [0.1, 0.15) is 4.87 Å². The van der Waals surface area contributed by atoms with E-state index in [2.05, 4.69) is 38.9 Å². The van der Waals surface area contributed by atoms with Gasteiger partial charge in [-0.05, 0) is 27.2 Å². The molecule has 58 valence electrons. The molecule has 1 unspecified atom stereocenters. The Morgan fingerprint density at radius 3 is 2.20 bits per heavy atom.